The average Bonchev–Trinajstić information content (AvgIpc) is 2.44. The standard InChI is InChI=1S/C15H13BrF2O2S/c1-2-21(19)9-10-3-5-14(12(16)7-10)20-15-6-4-11(17)8-13(15)18/h3-8H,2,9H2,1H3. The third kappa shape index (κ3) is 4.35. The van der Waals surface area contributed by atoms with Crippen LogP contribution in [-0.4, -0.2) is 9.96 Å². The van der Waals surface area contributed by atoms with Crippen molar-refractivity contribution in [1.82, 2.24) is 0 Å². The van der Waals surface area contributed by atoms with Gasteiger partial charge in [0.15, 0.2) is 11.6 Å². The first kappa shape index (κ1) is 16.1. The fourth-order valence-corrected chi connectivity index (χ4v) is 2.94. The molecule has 0 aliphatic carbocycles. The highest BCUT2D eigenvalue weighted by Gasteiger charge is 2.10. The van der Waals surface area contributed by atoms with Crippen LogP contribution in [0.15, 0.2) is 40.9 Å². The van der Waals surface area contributed by atoms with Crippen molar-refractivity contribution in [2.45, 2.75) is 12.7 Å². The molecule has 0 heterocycles. The second kappa shape index (κ2) is 7.13. The highest BCUT2D eigenvalue weighted by atomic mass is 79.9. The molecule has 1 unspecified atom stereocenters. The van der Waals surface area contributed by atoms with Crippen LogP contribution in [-0.2, 0) is 16.6 Å². The number of halogens is 3. The first-order chi connectivity index (χ1) is 9.99. The summed E-state index contributed by atoms with van der Waals surface area (Å²) in [5, 5.41) is 0. The van der Waals surface area contributed by atoms with Crippen molar-refractivity contribution in [2.75, 3.05) is 5.75 Å². The van der Waals surface area contributed by atoms with E-state index in [2.05, 4.69) is 15.9 Å². The van der Waals surface area contributed by atoms with Gasteiger partial charge in [0.2, 0.25) is 0 Å². The Morgan fingerprint density at radius 1 is 1.14 bits per heavy atom. The van der Waals surface area contributed by atoms with E-state index in [1.54, 1.807) is 18.2 Å². The van der Waals surface area contributed by atoms with Crippen molar-refractivity contribution in [2.24, 2.45) is 0 Å². The topological polar surface area (TPSA) is 26.3 Å². The average molecular weight is 375 g/mol. The SMILES string of the molecule is CCS(=O)Cc1ccc(Oc2ccc(F)cc2F)c(Br)c1. The van der Waals surface area contributed by atoms with Crippen molar-refractivity contribution >= 4 is 26.7 Å². The molecule has 0 saturated heterocycles. The lowest BCUT2D eigenvalue weighted by Crippen LogP contribution is -1.98. The van der Waals surface area contributed by atoms with Gasteiger partial charge in [-0.25, -0.2) is 8.78 Å². The maximum absolute atomic E-state index is 13.5. The largest absolute Gasteiger partial charge is 0.453 e. The second-order valence-electron chi connectivity index (χ2n) is 4.31. The third-order valence-electron chi connectivity index (χ3n) is 2.76. The van der Waals surface area contributed by atoms with Gasteiger partial charge in [-0.05, 0) is 45.8 Å². The van der Waals surface area contributed by atoms with Crippen molar-refractivity contribution < 1.29 is 17.7 Å². The van der Waals surface area contributed by atoms with Gasteiger partial charge >= 0.3 is 0 Å². The molecule has 0 aromatic heterocycles. The molecular weight excluding hydrogens is 362 g/mol. The fourth-order valence-electron chi connectivity index (χ4n) is 1.68. The van der Waals surface area contributed by atoms with Crippen molar-refractivity contribution in [1.29, 1.82) is 0 Å². The third-order valence-corrected chi connectivity index (χ3v) is 4.68. The highest BCUT2D eigenvalue weighted by Crippen LogP contribution is 2.32. The minimum absolute atomic E-state index is 0.0537. The first-order valence-electron chi connectivity index (χ1n) is 6.26. The zero-order valence-electron chi connectivity index (χ0n) is 11.2. The Hall–Kier alpha value is -1.27. The van der Waals surface area contributed by atoms with Gasteiger partial charge in [0, 0.05) is 28.4 Å². The van der Waals surface area contributed by atoms with Crippen LogP contribution in [0.5, 0.6) is 11.5 Å². The van der Waals surface area contributed by atoms with Gasteiger partial charge < -0.3 is 4.74 Å². The van der Waals surface area contributed by atoms with Crippen LogP contribution in [0.3, 0.4) is 0 Å². The maximum atomic E-state index is 13.5. The van der Waals surface area contributed by atoms with E-state index in [1.807, 2.05) is 6.92 Å². The molecule has 0 aliphatic rings. The summed E-state index contributed by atoms with van der Waals surface area (Å²) in [6.07, 6.45) is 0. The van der Waals surface area contributed by atoms with Crippen LogP contribution < -0.4 is 4.74 Å². The smallest absolute Gasteiger partial charge is 0.168 e. The Kier molecular flexibility index (Phi) is 5.47. The molecule has 0 aliphatic heterocycles. The number of ether oxygens (including phenoxy) is 1. The van der Waals surface area contributed by atoms with Crippen molar-refractivity contribution in [3.05, 3.63) is 58.1 Å². The second-order valence-corrected chi connectivity index (χ2v) is 6.91. The molecule has 112 valence electrons. The minimum Gasteiger partial charge on any atom is -0.453 e. The molecule has 21 heavy (non-hydrogen) atoms. The predicted octanol–water partition coefficient (Wildman–Crippen LogP) is 4.79. The molecule has 2 nitrogen and oxygen atoms in total. The summed E-state index contributed by atoms with van der Waals surface area (Å²) in [5.41, 5.74) is 0.897. The zero-order valence-corrected chi connectivity index (χ0v) is 13.6. The Morgan fingerprint density at radius 2 is 1.86 bits per heavy atom. The monoisotopic (exact) mass is 374 g/mol. The van der Waals surface area contributed by atoms with Gasteiger partial charge in [-0.15, -0.1) is 0 Å². The van der Waals surface area contributed by atoms with Crippen molar-refractivity contribution in [3.63, 3.8) is 0 Å². The Morgan fingerprint density at radius 3 is 2.48 bits per heavy atom. The molecule has 0 N–H and O–H groups in total. The van der Waals surface area contributed by atoms with E-state index in [0.29, 0.717) is 21.7 Å². The molecule has 2 rings (SSSR count). The normalized spacial score (nSPS) is 12.2. The molecule has 0 saturated carbocycles. The van der Waals surface area contributed by atoms with E-state index in [1.165, 1.54) is 6.07 Å². The first-order valence-corrected chi connectivity index (χ1v) is 8.54. The summed E-state index contributed by atoms with van der Waals surface area (Å²) in [7, 11) is -0.900. The van der Waals surface area contributed by atoms with E-state index in [4.69, 9.17) is 4.74 Å². The summed E-state index contributed by atoms with van der Waals surface area (Å²) in [6, 6.07) is 8.35. The lowest BCUT2D eigenvalue weighted by atomic mass is 10.2. The molecule has 0 spiro atoms. The Balaban J connectivity index is 2.19. The summed E-state index contributed by atoms with van der Waals surface area (Å²) in [6.45, 7) is 1.86. The Labute approximate surface area is 132 Å². The quantitative estimate of drug-likeness (QED) is 0.751. The molecule has 1 atom stereocenters. The van der Waals surface area contributed by atoms with Gasteiger partial charge in [0.1, 0.15) is 11.6 Å². The summed E-state index contributed by atoms with van der Waals surface area (Å²) in [4.78, 5) is 0. The van der Waals surface area contributed by atoms with Gasteiger partial charge in [0.25, 0.3) is 0 Å². The summed E-state index contributed by atoms with van der Waals surface area (Å²) >= 11 is 3.34. The van der Waals surface area contributed by atoms with Gasteiger partial charge in [-0.3, -0.25) is 4.21 Å². The van der Waals surface area contributed by atoms with Crippen LogP contribution in [0, 0.1) is 11.6 Å². The fraction of sp³-hybridized carbons (Fsp3) is 0.200. The molecule has 2 aromatic carbocycles. The molecular formula is C15H13BrF2O2S. The molecule has 0 amide bonds. The number of benzene rings is 2. The molecule has 0 fully saturated rings. The van der Waals surface area contributed by atoms with Crippen LogP contribution in [0.4, 0.5) is 8.78 Å². The molecule has 0 radical (unpaired) electrons. The molecule has 2 aromatic rings. The van der Waals surface area contributed by atoms with Gasteiger partial charge in [0.05, 0.1) is 4.47 Å². The van der Waals surface area contributed by atoms with E-state index < -0.39 is 22.4 Å². The minimum atomic E-state index is -0.900. The lowest BCUT2D eigenvalue weighted by Gasteiger charge is -2.10. The summed E-state index contributed by atoms with van der Waals surface area (Å²) < 4.78 is 43.9. The van der Waals surface area contributed by atoms with Crippen LogP contribution in [0.2, 0.25) is 0 Å². The number of rotatable bonds is 5. The Bertz CT molecular complexity index is 677. The predicted molar refractivity (Wildman–Crippen MR) is 83.0 cm³/mol. The summed E-state index contributed by atoms with van der Waals surface area (Å²) in [5.74, 6) is -0.0142. The van der Waals surface area contributed by atoms with Gasteiger partial charge in [-0.1, -0.05) is 13.0 Å². The van der Waals surface area contributed by atoms with Gasteiger partial charge in [-0.2, -0.15) is 0 Å². The zero-order chi connectivity index (χ0) is 15.4. The maximum Gasteiger partial charge on any atom is 0.168 e. The molecule has 6 heteroatoms. The van der Waals surface area contributed by atoms with Crippen LogP contribution >= 0.6 is 15.9 Å². The highest BCUT2D eigenvalue weighted by molar-refractivity contribution is 9.10. The van der Waals surface area contributed by atoms with E-state index in [9.17, 15) is 13.0 Å². The van der Waals surface area contributed by atoms with E-state index in [-0.39, 0.29) is 5.75 Å². The molecule has 0 bridgehead atoms. The number of hydrogen-bond donors (Lipinski definition) is 0. The lowest BCUT2D eigenvalue weighted by molar-refractivity contribution is 0.435. The van der Waals surface area contributed by atoms with E-state index in [0.717, 1.165) is 17.7 Å². The number of hydrogen-bond acceptors (Lipinski definition) is 2. The van der Waals surface area contributed by atoms with Crippen molar-refractivity contribution in [3.8, 4) is 11.5 Å². The van der Waals surface area contributed by atoms with Crippen LogP contribution in [0.1, 0.15) is 12.5 Å². The van der Waals surface area contributed by atoms with Crippen LogP contribution in [0.25, 0.3) is 0 Å². The van der Waals surface area contributed by atoms with E-state index >= 15 is 0 Å².